The van der Waals surface area contributed by atoms with Gasteiger partial charge < -0.3 is 0 Å². The first-order chi connectivity index (χ1) is 10.2. The van der Waals surface area contributed by atoms with Gasteiger partial charge in [0.2, 0.25) is 0 Å². The molecular formula is C20H24O. The molecule has 21 heavy (non-hydrogen) atoms. The SMILES string of the molecule is CCCCc1cccc2c1CC1(CC2=O)CC2C=CC1C2. The summed E-state index contributed by atoms with van der Waals surface area (Å²) in [6.45, 7) is 2.24. The van der Waals surface area contributed by atoms with E-state index in [0.29, 0.717) is 11.7 Å². The molecule has 0 saturated heterocycles. The molecule has 0 radical (unpaired) electrons. The molecule has 1 aromatic rings. The number of ketones is 1. The summed E-state index contributed by atoms with van der Waals surface area (Å²) in [7, 11) is 0. The van der Waals surface area contributed by atoms with Crippen LogP contribution in [0.15, 0.2) is 30.4 Å². The number of unbranched alkanes of at least 4 members (excludes halogenated alkanes) is 1. The van der Waals surface area contributed by atoms with Crippen LogP contribution in [0, 0.1) is 17.3 Å². The lowest BCUT2D eigenvalue weighted by Gasteiger charge is -2.40. The summed E-state index contributed by atoms with van der Waals surface area (Å²) in [4.78, 5) is 12.7. The minimum absolute atomic E-state index is 0.256. The van der Waals surface area contributed by atoms with Gasteiger partial charge in [0.15, 0.2) is 5.78 Å². The molecule has 1 saturated carbocycles. The van der Waals surface area contributed by atoms with E-state index in [2.05, 4.69) is 37.3 Å². The van der Waals surface area contributed by atoms with Crippen LogP contribution < -0.4 is 0 Å². The Morgan fingerprint density at radius 2 is 2.14 bits per heavy atom. The minimum Gasteiger partial charge on any atom is -0.294 e. The van der Waals surface area contributed by atoms with E-state index >= 15 is 0 Å². The highest BCUT2D eigenvalue weighted by atomic mass is 16.1. The van der Waals surface area contributed by atoms with Gasteiger partial charge in [-0.1, -0.05) is 43.7 Å². The number of carbonyl (C=O) groups is 1. The van der Waals surface area contributed by atoms with Gasteiger partial charge in [-0.05, 0) is 60.5 Å². The number of benzene rings is 1. The number of Topliss-reactive ketones (excluding diaryl/α,β-unsaturated/α-hetero) is 1. The first-order valence-electron chi connectivity index (χ1n) is 8.54. The third kappa shape index (κ3) is 2.01. The van der Waals surface area contributed by atoms with Gasteiger partial charge in [-0.25, -0.2) is 0 Å². The second-order valence-electron chi connectivity index (χ2n) is 7.38. The molecule has 0 aliphatic heterocycles. The lowest BCUT2D eigenvalue weighted by molar-refractivity contribution is 0.0847. The second-order valence-corrected chi connectivity index (χ2v) is 7.38. The molecule has 4 rings (SSSR count). The second kappa shape index (κ2) is 4.83. The van der Waals surface area contributed by atoms with Crippen LogP contribution in [0.3, 0.4) is 0 Å². The van der Waals surface area contributed by atoms with Crippen molar-refractivity contribution in [1.29, 1.82) is 0 Å². The summed E-state index contributed by atoms with van der Waals surface area (Å²) >= 11 is 0. The number of hydrogen-bond acceptors (Lipinski definition) is 1. The summed E-state index contributed by atoms with van der Waals surface area (Å²) in [5.41, 5.74) is 4.11. The molecule has 1 heteroatoms. The summed E-state index contributed by atoms with van der Waals surface area (Å²) in [5, 5.41) is 0. The van der Waals surface area contributed by atoms with Crippen LogP contribution >= 0.6 is 0 Å². The average Bonchev–Trinajstić information content (AvgIpc) is 3.06. The van der Waals surface area contributed by atoms with Crippen LogP contribution in [0.4, 0.5) is 0 Å². The molecule has 1 nitrogen and oxygen atoms in total. The van der Waals surface area contributed by atoms with Crippen molar-refractivity contribution in [3.63, 3.8) is 0 Å². The van der Waals surface area contributed by atoms with E-state index in [1.807, 2.05) is 0 Å². The van der Waals surface area contributed by atoms with Crippen molar-refractivity contribution in [2.75, 3.05) is 0 Å². The van der Waals surface area contributed by atoms with Crippen LogP contribution in [-0.2, 0) is 12.8 Å². The molecule has 0 amide bonds. The van der Waals surface area contributed by atoms with Gasteiger partial charge in [0.05, 0.1) is 0 Å². The molecule has 110 valence electrons. The number of rotatable bonds is 3. The Kier molecular flexibility index (Phi) is 3.06. The van der Waals surface area contributed by atoms with Gasteiger partial charge in [-0.3, -0.25) is 4.79 Å². The normalized spacial score (nSPS) is 32.9. The average molecular weight is 280 g/mol. The maximum atomic E-state index is 12.7. The molecular weight excluding hydrogens is 256 g/mol. The maximum absolute atomic E-state index is 12.7. The third-order valence-electron chi connectivity index (χ3n) is 6.04. The van der Waals surface area contributed by atoms with Gasteiger partial charge in [0.1, 0.15) is 0 Å². The Labute approximate surface area is 127 Å². The Morgan fingerprint density at radius 1 is 1.24 bits per heavy atom. The summed E-state index contributed by atoms with van der Waals surface area (Å²) < 4.78 is 0. The van der Waals surface area contributed by atoms with E-state index in [9.17, 15) is 4.79 Å². The fourth-order valence-electron chi connectivity index (χ4n) is 5.00. The van der Waals surface area contributed by atoms with Gasteiger partial charge in [-0.15, -0.1) is 0 Å². The molecule has 3 aliphatic carbocycles. The van der Waals surface area contributed by atoms with Gasteiger partial charge in [0.25, 0.3) is 0 Å². The highest BCUT2D eigenvalue weighted by molar-refractivity contribution is 5.99. The molecule has 1 spiro atoms. The molecule has 3 aliphatic rings. The molecule has 0 aromatic heterocycles. The van der Waals surface area contributed by atoms with Crippen molar-refractivity contribution in [3.8, 4) is 0 Å². The lowest BCUT2D eigenvalue weighted by Crippen LogP contribution is -2.36. The van der Waals surface area contributed by atoms with E-state index in [1.165, 1.54) is 36.8 Å². The van der Waals surface area contributed by atoms with Gasteiger partial charge >= 0.3 is 0 Å². The quantitative estimate of drug-likeness (QED) is 0.731. The standard InChI is InChI=1S/C20H24O/c1-2-3-5-15-6-4-7-17-18(15)12-20(13-19(17)21)11-14-8-9-16(20)10-14/h4,6-9,14,16H,2-3,5,10-13H2,1H3. The monoisotopic (exact) mass is 280 g/mol. The van der Waals surface area contributed by atoms with Crippen LogP contribution in [-0.4, -0.2) is 5.78 Å². The number of hydrogen-bond donors (Lipinski definition) is 0. The number of carbonyl (C=O) groups excluding carboxylic acids is 1. The lowest BCUT2D eigenvalue weighted by atomic mass is 9.63. The van der Waals surface area contributed by atoms with Gasteiger partial charge in [0, 0.05) is 12.0 Å². The Hall–Kier alpha value is -1.37. The van der Waals surface area contributed by atoms with Crippen molar-refractivity contribution in [1.82, 2.24) is 0 Å². The number of allylic oxidation sites excluding steroid dienone is 2. The van der Waals surface area contributed by atoms with Crippen molar-refractivity contribution in [2.24, 2.45) is 17.3 Å². The van der Waals surface area contributed by atoms with E-state index in [1.54, 1.807) is 0 Å². The molecule has 1 fully saturated rings. The molecule has 3 unspecified atom stereocenters. The van der Waals surface area contributed by atoms with Crippen molar-refractivity contribution >= 4 is 5.78 Å². The highest BCUT2D eigenvalue weighted by Gasteiger charge is 2.51. The van der Waals surface area contributed by atoms with Crippen LogP contribution in [0.1, 0.15) is 60.5 Å². The maximum Gasteiger partial charge on any atom is 0.163 e. The van der Waals surface area contributed by atoms with Crippen molar-refractivity contribution < 1.29 is 4.79 Å². The summed E-state index contributed by atoms with van der Waals surface area (Å²) in [6, 6.07) is 6.40. The fourth-order valence-corrected chi connectivity index (χ4v) is 5.00. The zero-order valence-corrected chi connectivity index (χ0v) is 12.9. The van der Waals surface area contributed by atoms with Crippen LogP contribution in [0.5, 0.6) is 0 Å². The third-order valence-corrected chi connectivity index (χ3v) is 6.04. The first-order valence-corrected chi connectivity index (χ1v) is 8.54. The smallest absolute Gasteiger partial charge is 0.163 e. The largest absolute Gasteiger partial charge is 0.294 e. The summed E-state index contributed by atoms with van der Waals surface area (Å²) in [6.07, 6.45) is 12.8. The minimum atomic E-state index is 0.256. The molecule has 1 aromatic carbocycles. The van der Waals surface area contributed by atoms with Crippen LogP contribution in [0.25, 0.3) is 0 Å². The Bertz CT molecular complexity index is 612. The molecule has 2 bridgehead atoms. The van der Waals surface area contributed by atoms with E-state index in [4.69, 9.17) is 0 Å². The Balaban J connectivity index is 1.73. The molecule has 3 atom stereocenters. The van der Waals surface area contributed by atoms with Gasteiger partial charge in [-0.2, -0.15) is 0 Å². The fraction of sp³-hybridized carbons (Fsp3) is 0.550. The highest BCUT2D eigenvalue weighted by Crippen LogP contribution is 2.58. The predicted molar refractivity (Wildman–Crippen MR) is 85.5 cm³/mol. The van der Waals surface area contributed by atoms with E-state index in [0.717, 1.165) is 30.7 Å². The topological polar surface area (TPSA) is 17.1 Å². The van der Waals surface area contributed by atoms with Crippen molar-refractivity contribution in [2.45, 2.75) is 51.9 Å². The Morgan fingerprint density at radius 3 is 2.86 bits per heavy atom. The zero-order chi connectivity index (χ0) is 14.4. The van der Waals surface area contributed by atoms with E-state index in [-0.39, 0.29) is 5.41 Å². The summed E-state index contributed by atoms with van der Waals surface area (Å²) in [5.74, 6) is 1.79. The molecule has 0 heterocycles. The zero-order valence-electron chi connectivity index (χ0n) is 12.9. The number of fused-ring (bicyclic) bond motifs is 4. The molecule has 0 N–H and O–H groups in total. The first kappa shape index (κ1) is 13.3. The number of aryl methyl sites for hydroxylation is 1. The van der Waals surface area contributed by atoms with E-state index < -0.39 is 0 Å². The van der Waals surface area contributed by atoms with Crippen LogP contribution in [0.2, 0.25) is 0 Å². The predicted octanol–water partition coefficient (Wildman–Crippen LogP) is 4.74. The van der Waals surface area contributed by atoms with Crippen molar-refractivity contribution in [3.05, 3.63) is 47.0 Å².